The number of hydrogen-bond acceptors (Lipinski definition) is 4. The van der Waals surface area contributed by atoms with Gasteiger partial charge in [-0.25, -0.2) is 0 Å². The molecule has 0 aliphatic carbocycles. The van der Waals surface area contributed by atoms with Gasteiger partial charge in [-0.1, -0.05) is 26.1 Å². The summed E-state index contributed by atoms with van der Waals surface area (Å²) in [4.78, 5) is 6.81. The molecule has 0 aliphatic rings. The number of ether oxygens (including phenoxy) is 1. The van der Waals surface area contributed by atoms with E-state index in [2.05, 4.69) is 23.7 Å². The zero-order chi connectivity index (χ0) is 13.5. The average molecular weight is 267 g/mol. The quantitative estimate of drug-likeness (QED) is 0.764. The number of thiocarbonyl (C=S) groups is 1. The van der Waals surface area contributed by atoms with Gasteiger partial charge in [-0.05, 0) is 18.1 Å². The SMILES string of the molecule is COCCN(CC(C)C)c1cccnc1C(N)=S. The van der Waals surface area contributed by atoms with Crippen LogP contribution >= 0.6 is 12.2 Å². The summed E-state index contributed by atoms with van der Waals surface area (Å²) in [5.41, 5.74) is 7.39. The predicted molar refractivity (Wildman–Crippen MR) is 79.1 cm³/mol. The van der Waals surface area contributed by atoms with Gasteiger partial charge in [-0.3, -0.25) is 4.98 Å². The van der Waals surface area contributed by atoms with Gasteiger partial charge in [0.05, 0.1) is 12.3 Å². The molecule has 0 saturated heterocycles. The second-order valence-corrected chi connectivity index (χ2v) is 5.01. The van der Waals surface area contributed by atoms with Gasteiger partial charge in [0.25, 0.3) is 0 Å². The van der Waals surface area contributed by atoms with Crippen molar-refractivity contribution in [3.05, 3.63) is 24.0 Å². The van der Waals surface area contributed by atoms with Crippen molar-refractivity contribution in [2.45, 2.75) is 13.8 Å². The molecule has 0 unspecified atom stereocenters. The molecule has 0 radical (unpaired) electrons. The summed E-state index contributed by atoms with van der Waals surface area (Å²) in [7, 11) is 1.70. The summed E-state index contributed by atoms with van der Waals surface area (Å²) in [6.45, 7) is 6.74. The Labute approximate surface area is 114 Å². The molecule has 18 heavy (non-hydrogen) atoms. The van der Waals surface area contributed by atoms with Crippen LogP contribution in [0.4, 0.5) is 5.69 Å². The van der Waals surface area contributed by atoms with Crippen LogP contribution in [0.25, 0.3) is 0 Å². The lowest BCUT2D eigenvalue weighted by Gasteiger charge is -2.27. The van der Waals surface area contributed by atoms with E-state index in [1.807, 2.05) is 12.1 Å². The highest BCUT2D eigenvalue weighted by Gasteiger charge is 2.14. The lowest BCUT2D eigenvalue weighted by Crippen LogP contribution is -2.33. The molecular formula is C13H21N3OS. The average Bonchev–Trinajstić information content (AvgIpc) is 2.34. The van der Waals surface area contributed by atoms with Gasteiger partial charge < -0.3 is 15.4 Å². The normalized spacial score (nSPS) is 10.7. The van der Waals surface area contributed by atoms with Gasteiger partial charge in [0, 0.05) is 26.4 Å². The molecule has 0 spiro atoms. The molecule has 0 aromatic carbocycles. The van der Waals surface area contributed by atoms with Crippen molar-refractivity contribution in [3.8, 4) is 0 Å². The van der Waals surface area contributed by atoms with E-state index in [0.717, 1.165) is 18.8 Å². The van der Waals surface area contributed by atoms with Crippen molar-refractivity contribution in [2.24, 2.45) is 11.7 Å². The number of nitrogens with two attached hydrogens (primary N) is 1. The topological polar surface area (TPSA) is 51.4 Å². The van der Waals surface area contributed by atoms with Crippen LogP contribution in [0, 0.1) is 5.92 Å². The van der Waals surface area contributed by atoms with Gasteiger partial charge in [-0.2, -0.15) is 0 Å². The maximum atomic E-state index is 5.72. The molecule has 0 saturated carbocycles. The third-order valence-electron chi connectivity index (χ3n) is 2.51. The zero-order valence-corrected chi connectivity index (χ0v) is 12.0. The van der Waals surface area contributed by atoms with E-state index >= 15 is 0 Å². The minimum Gasteiger partial charge on any atom is -0.388 e. The lowest BCUT2D eigenvalue weighted by atomic mass is 10.1. The molecule has 0 fully saturated rings. The summed E-state index contributed by atoms with van der Waals surface area (Å²) in [5, 5.41) is 0. The van der Waals surface area contributed by atoms with E-state index in [1.165, 1.54) is 0 Å². The minimum absolute atomic E-state index is 0.330. The molecule has 5 heteroatoms. The molecule has 0 bridgehead atoms. The van der Waals surface area contributed by atoms with Crippen molar-refractivity contribution < 1.29 is 4.74 Å². The molecule has 1 aromatic rings. The van der Waals surface area contributed by atoms with Crippen LogP contribution in [-0.2, 0) is 4.74 Å². The summed E-state index contributed by atoms with van der Waals surface area (Å²) < 4.78 is 5.15. The van der Waals surface area contributed by atoms with Crippen molar-refractivity contribution in [2.75, 3.05) is 31.7 Å². The second-order valence-electron chi connectivity index (χ2n) is 4.57. The molecule has 4 nitrogen and oxygen atoms in total. The first-order valence-electron chi connectivity index (χ1n) is 6.05. The van der Waals surface area contributed by atoms with Crippen molar-refractivity contribution in [1.29, 1.82) is 0 Å². The van der Waals surface area contributed by atoms with Crippen LogP contribution in [0.3, 0.4) is 0 Å². The smallest absolute Gasteiger partial charge is 0.124 e. The van der Waals surface area contributed by atoms with Crippen molar-refractivity contribution in [3.63, 3.8) is 0 Å². The van der Waals surface area contributed by atoms with E-state index in [4.69, 9.17) is 22.7 Å². The lowest BCUT2D eigenvalue weighted by molar-refractivity contribution is 0.204. The standard InChI is InChI=1S/C13H21N3OS/c1-10(2)9-16(7-8-17-3)11-5-4-6-15-12(11)13(14)18/h4-6,10H,7-9H2,1-3H3,(H2,14,18). The highest BCUT2D eigenvalue weighted by Crippen LogP contribution is 2.19. The molecule has 1 rings (SSSR count). The third kappa shape index (κ3) is 4.23. The Morgan fingerprint density at radius 1 is 1.56 bits per heavy atom. The van der Waals surface area contributed by atoms with E-state index in [9.17, 15) is 0 Å². The first kappa shape index (κ1) is 14.9. The summed E-state index contributed by atoms with van der Waals surface area (Å²) >= 11 is 5.05. The highest BCUT2D eigenvalue weighted by atomic mass is 32.1. The second kappa shape index (κ2) is 7.28. The van der Waals surface area contributed by atoms with Gasteiger partial charge in [0.1, 0.15) is 10.7 Å². The maximum absolute atomic E-state index is 5.72. The third-order valence-corrected chi connectivity index (χ3v) is 2.70. The largest absolute Gasteiger partial charge is 0.388 e. The summed E-state index contributed by atoms with van der Waals surface area (Å²) in [5.74, 6) is 0.543. The Bertz CT molecular complexity index is 396. The van der Waals surface area contributed by atoms with Crippen LogP contribution in [-0.4, -0.2) is 36.8 Å². The Hall–Kier alpha value is -1.20. The number of hydrogen-bond donors (Lipinski definition) is 1. The van der Waals surface area contributed by atoms with Crippen LogP contribution < -0.4 is 10.6 Å². The maximum Gasteiger partial charge on any atom is 0.124 e. The molecule has 0 amide bonds. The van der Waals surface area contributed by atoms with Crippen LogP contribution in [0.5, 0.6) is 0 Å². The van der Waals surface area contributed by atoms with Gasteiger partial charge in [0.15, 0.2) is 0 Å². The van der Waals surface area contributed by atoms with Gasteiger partial charge in [-0.15, -0.1) is 0 Å². The first-order valence-corrected chi connectivity index (χ1v) is 6.45. The Kier molecular flexibility index (Phi) is 6.01. The highest BCUT2D eigenvalue weighted by molar-refractivity contribution is 7.80. The zero-order valence-electron chi connectivity index (χ0n) is 11.2. The molecular weight excluding hydrogens is 246 g/mol. The fraction of sp³-hybridized carbons (Fsp3) is 0.538. The number of nitrogens with zero attached hydrogens (tertiary/aromatic N) is 2. The molecule has 2 N–H and O–H groups in total. The number of anilines is 1. The van der Waals surface area contributed by atoms with Crippen LogP contribution in [0.1, 0.15) is 19.5 Å². The van der Waals surface area contributed by atoms with Crippen molar-refractivity contribution >= 4 is 22.9 Å². The van der Waals surface area contributed by atoms with E-state index in [0.29, 0.717) is 23.2 Å². The van der Waals surface area contributed by atoms with E-state index in [-0.39, 0.29) is 0 Å². The minimum atomic E-state index is 0.330. The molecule has 1 heterocycles. The Balaban J connectivity index is 2.99. The first-order chi connectivity index (χ1) is 8.56. The van der Waals surface area contributed by atoms with Gasteiger partial charge in [0.2, 0.25) is 0 Å². The number of pyridine rings is 1. The van der Waals surface area contributed by atoms with Gasteiger partial charge >= 0.3 is 0 Å². The molecule has 0 atom stereocenters. The molecule has 0 aliphatic heterocycles. The van der Waals surface area contributed by atoms with E-state index in [1.54, 1.807) is 13.3 Å². The predicted octanol–water partition coefficient (Wildman–Crippen LogP) is 1.82. The van der Waals surface area contributed by atoms with E-state index < -0.39 is 0 Å². The fourth-order valence-electron chi connectivity index (χ4n) is 1.79. The Morgan fingerprint density at radius 2 is 2.28 bits per heavy atom. The number of methoxy groups -OCH3 is 1. The van der Waals surface area contributed by atoms with Crippen LogP contribution in [0.15, 0.2) is 18.3 Å². The number of aromatic nitrogens is 1. The Morgan fingerprint density at radius 3 is 2.83 bits per heavy atom. The monoisotopic (exact) mass is 267 g/mol. The number of rotatable bonds is 7. The fourth-order valence-corrected chi connectivity index (χ4v) is 1.95. The molecule has 1 aromatic heterocycles. The van der Waals surface area contributed by atoms with Crippen LogP contribution in [0.2, 0.25) is 0 Å². The molecule has 100 valence electrons. The van der Waals surface area contributed by atoms with Crippen molar-refractivity contribution in [1.82, 2.24) is 4.98 Å². The summed E-state index contributed by atoms with van der Waals surface area (Å²) in [6.07, 6.45) is 1.71. The summed E-state index contributed by atoms with van der Waals surface area (Å²) in [6, 6.07) is 3.90.